The van der Waals surface area contributed by atoms with Gasteiger partial charge in [-0.3, -0.25) is 14.6 Å². The van der Waals surface area contributed by atoms with Crippen molar-refractivity contribution in [3.63, 3.8) is 0 Å². The Morgan fingerprint density at radius 2 is 1.78 bits per heavy atom. The average molecular weight is 379 g/mol. The van der Waals surface area contributed by atoms with Gasteiger partial charge in [-0.2, -0.15) is 0 Å². The Hall–Kier alpha value is -2.86. The molecule has 1 unspecified atom stereocenters. The van der Waals surface area contributed by atoms with E-state index in [1.807, 2.05) is 61.5 Å². The molecule has 0 aliphatic carbocycles. The van der Waals surface area contributed by atoms with Crippen LogP contribution in [-0.2, 0) is 9.59 Å². The number of rotatable bonds is 6. The predicted molar refractivity (Wildman–Crippen MR) is 112 cm³/mol. The van der Waals surface area contributed by atoms with Gasteiger partial charge in [-0.05, 0) is 38.1 Å². The minimum absolute atomic E-state index is 0.129. The van der Waals surface area contributed by atoms with Crippen LogP contribution >= 0.6 is 11.8 Å². The number of para-hydroxylation sites is 1. The first-order valence-corrected chi connectivity index (χ1v) is 9.70. The number of benzene rings is 2. The zero-order valence-corrected chi connectivity index (χ0v) is 16.0. The summed E-state index contributed by atoms with van der Waals surface area (Å²) in [6, 6.07) is 17.2. The summed E-state index contributed by atoms with van der Waals surface area (Å²) in [6.07, 6.45) is 1.64. The first-order valence-electron chi connectivity index (χ1n) is 8.65. The topological polar surface area (TPSA) is 71.1 Å². The number of fused-ring (bicyclic) bond motifs is 1. The Kier molecular flexibility index (Phi) is 6.08. The van der Waals surface area contributed by atoms with Gasteiger partial charge in [0.1, 0.15) is 0 Å². The molecule has 0 saturated heterocycles. The smallest absolute Gasteiger partial charge is 0.237 e. The molecule has 0 radical (unpaired) electrons. The summed E-state index contributed by atoms with van der Waals surface area (Å²) in [5.74, 6) is -0.0746. The Bertz CT molecular complexity index is 957. The summed E-state index contributed by atoms with van der Waals surface area (Å²) >= 11 is 1.29. The van der Waals surface area contributed by atoms with Crippen LogP contribution in [0.15, 0.2) is 60.8 Å². The first-order chi connectivity index (χ1) is 13.0. The van der Waals surface area contributed by atoms with E-state index in [1.165, 1.54) is 11.8 Å². The number of thioether (sulfide) groups is 1. The molecule has 5 nitrogen and oxygen atoms in total. The lowest BCUT2D eigenvalue weighted by molar-refractivity contribution is -0.115. The molecule has 0 bridgehead atoms. The zero-order valence-electron chi connectivity index (χ0n) is 15.2. The van der Waals surface area contributed by atoms with Gasteiger partial charge in [0.05, 0.1) is 28.4 Å². The van der Waals surface area contributed by atoms with E-state index < -0.39 is 0 Å². The van der Waals surface area contributed by atoms with E-state index in [-0.39, 0.29) is 22.8 Å². The highest BCUT2D eigenvalue weighted by molar-refractivity contribution is 8.01. The number of anilines is 2. The Morgan fingerprint density at radius 3 is 2.56 bits per heavy atom. The van der Waals surface area contributed by atoms with Crippen molar-refractivity contribution < 1.29 is 9.59 Å². The number of nitrogens with one attached hydrogen (secondary N) is 2. The molecule has 6 heteroatoms. The van der Waals surface area contributed by atoms with Crippen LogP contribution in [0.1, 0.15) is 12.5 Å². The molecule has 1 aromatic heterocycles. The molecule has 0 saturated carbocycles. The van der Waals surface area contributed by atoms with Crippen molar-refractivity contribution in [2.24, 2.45) is 0 Å². The fourth-order valence-corrected chi connectivity index (χ4v) is 3.18. The third-order valence-corrected chi connectivity index (χ3v) is 5.17. The van der Waals surface area contributed by atoms with Gasteiger partial charge < -0.3 is 10.6 Å². The second-order valence-corrected chi connectivity index (χ2v) is 7.60. The second-order valence-electron chi connectivity index (χ2n) is 6.27. The van der Waals surface area contributed by atoms with E-state index in [0.29, 0.717) is 5.69 Å². The molecule has 0 fully saturated rings. The van der Waals surface area contributed by atoms with Crippen molar-refractivity contribution in [2.75, 3.05) is 16.4 Å². The van der Waals surface area contributed by atoms with Crippen LogP contribution in [0, 0.1) is 6.92 Å². The molecule has 1 atom stereocenters. The van der Waals surface area contributed by atoms with E-state index in [2.05, 4.69) is 15.6 Å². The van der Waals surface area contributed by atoms with Crippen LogP contribution in [0.5, 0.6) is 0 Å². The van der Waals surface area contributed by atoms with Crippen LogP contribution in [0.3, 0.4) is 0 Å². The molecule has 138 valence electrons. The molecule has 0 aliphatic heterocycles. The summed E-state index contributed by atoms with van der Waals surface area (Å²) in [7, 11) is 0. The number of hydrogen-bond acceptors (Lipinski definition) is 4. The van der Waals surface area contributed by atoms with Gasteiger partial charge in [-0.15, -0.1) is 11.8 Å². The fourth-order valence-electron chi connectivity index (χ4n) is 2.49. The van der Waals surface area contributed by atoms with E-state index in [4.69, 9.17) is 0 Å². The summed E-state index contributed by atoms with van der Waals surface area (Å²) in [6.45, 7) is 3.78. The van der Waals surface area contributed by atoms with Gasteiger partial charge in [-0.1, -0.05) is 35.9 Å². The lowest BCUT2D eigenvalue weighted by Gasteiger charge is -2.12. The van der Waals surface area contributed by atoms with Crippen LogP contribution in [0.4, 0.5) is 11.4 Å². The second kappa shape index (κ2) is 8.68. The number of nitrogens with zero attached hydrogens (tertiary/aromatic N) is 1. The Labute approximate surface area is 162 Å². The zero-order chi connectivity index (χ0) is 19.2. The minimum atomic E-state index is -0.361. The van der Waals surface area contributed by atoms with Crippen molar-refractivity contribution in [1.82, 2.24) is 4.98 Å². The maximum absolute atomic E-state index is 12.4. The number of carbonyl (C=O) groups is 2. The maximum atomic E-state index is 12.4. The van der Waals surface area contributed by atoms with Gasteiger partial charge in [0, 0.05) is 11.1 Å². The molecule has 0 spiro atoms. The number of hydrogen-bond donors (Lipinski definition) is 2. The SMILES string of the molecule is Cc1ccc(NC(=O)CSC(C)C(=O)Nc2cnc3ccccc3c2)cc1. The average Bonchev–Trinajstić information content (AvgIpc) is 2.67. The molecular weight excluding hydrogens is 358 g/mol. The number of carbonyl (C=O) groups excluding carboxylic acids is 2. The predicted octanol–water partition coefficient (Wildman–Crippen LogP) is 4.24. The van der Waals surface area contributed by atoms with Crippen molar-refractivity contribution in [3.05, 3.63) is 66.4 Å². The third-order valence-electron chi connectivity index (χ3n) is 4.03. The first kappa shape index (κ1) is 18.9. The number of pyridine rings is 1. The van der Waals surface area contributed by atoms with Crippen LogP contribution in [0.2, 0.25) is 0 Å². The molecule has 0 aliphatic rings. The van der Waals surface area contributed by atoms with Gasteiger partial charge in [0.15, 0.2) is 0 Å². The van der Waals surface area contributed by atoms with Crippen LogP contribution in [0.25, 0.3) is 10.9 Å². The van der Waals surface area contributed by atoms with Crippen molar-refractivity contribution in [1.29, 1.82) is 0 Å². The molecule has 1 heterocycles. The molecular formula is C21H21N3O2S. The van der Waals surface area contributed by atoms with E-state index >= 15 is 0 Å². The van der Waals surface area contributed by atoms with Crippen molar-refractivity contribution in [3.8, 4) is 0 Å². The minimum Gasteiger partial charge on any atom is -0.325 e. The van der Waals surface area contributed by atoms with E-state index in [0.717, 1.165) is 22.2 Å². The highest BCUT2D eigenvalue weighted by Gasteiger charge is 2.16. The molecule has 2 aromatic carbocycles. The third kappa shape index (κ3) is 5.31. The van der Waals surface area contributed by atoms with Crippen LogP contribution < -0.4 is 10.6 Å². The molecule has 3 aromatic rings. The summed E-state index contributed by atoms with van der Waals surface area (Å²) < 4.78 is 0. The van der Waals surface area contributed by atoms with Crippen molar-refractivity contribution >= 4 is 45.9 Å². The summed E-state index contributed by atoms with van der Waals surface area (Å²) in [5, 5.41) is 6.30. The Morgan fingerprint density at radius 1 is 1.04 bits per heavy atom. The van der Waals surface area contributed by atoms with Crippen molar-refractivity contribution in [2.45, 2.75) is 19.1 Å². The van der Waals surface area contributed by atoms with Gasteiger partial charge in [-0.25, -0.2) is 0 Å². The fraction of sp³-hybridized carbons (Fsp3) is 0.190. The van der Waals surface area contributed by atoms with Gasteiger partial charge in [0.25, 0.3) is 0 Å². The maximum Gasteiger partial charge on any atom is 0.237 e. The number of aromatic nitrogens is 1. The number of aryl methyl sites for hydroxylation is 1. The normalized spacial score (nSPS) is 11.8. The largest absolute Gasteiger partial charge is 0.325 e. The highest BCUT2D eigenvalue weighted by Crippen LogP contribution is 2.18. The lowest BCUT2D eigenvalue weighted by atomic mass is 10.2. The lowest BCUT2D eigenvalue weighted by Crippen LogP contribution is -2.25. The monoisotopic (exact) mass is 379 g/mol. The molecule has 2 N–H and O–H groups in total. The van der Waals surface area contributed by atoms with Gasteiger partial charge in [0.2, 0.25) is 11.8 Å². The molecule has 27 heavy (non-hydrogen) atoms. The standard InChI is InChI=1S/C21H21N3O2S/c1-14-7-9-17(10-8-14)23-20(25)13-27-15(2)21(26)24-18-11-16-5-3-4-6-19(16)22-12-18/h3-12,15H,13H2,1-2H3,(H,23,25)(H,24,26). The van der Waals surface area contributed by atoms with Gasteiger partial charge >= 0.3 is 0 Å². The van der Waals surface area contributed by atoms with E-state index in [1.54, 1.807) is 13.1 Å². The van der Waals surface area contributed by atoms with E-state index in [9.17, 15) is 9.59 Å². The highest BCUT2D eigenvalue weighted by atomic mass is 32.2. The summed E-state index contributed by atoms with van der Waals surface area (Å²) in [5.41, 5.74) is 3.42. The Balaban J connectivity index is 1.50. The summed E-state index contributed by atoms with van der Waals surface area (Å²) in [4.78, 5) is 28.8. The van der Waals surface area contributed by atoms with Crippen LogP contribution in [-0.4, -0.2) is 27.8 Å². The molecule has 2 amide bonds. The molecule has 3 rings (SSSR count). The quantitative estimate of drug-likeness (QED) is 0.672. The number of amides is 2.